The first-order valence-corrected chi connectivity index (χ1v) is 6.15. The van der Waals surface area contributed by atoms with Crippen LogP contribution < -0.4 is 5.32 Å². The van der Waals surface area contributed by atoms with E-state index in [1.165, 1.54) is 0 Å². The second-order valence-corrected chi connectivity index (χ2v) is 4.34. The number of carbonyl (C=O) groups excluding carboxylic acids is 2. The van der Waals surface area contributed by atoms with Crippen molar-refractivity contribution in [2.75, 3.05) is 32.8 Å². The van der Waals surface area contributed by atoms with Gasteiger partial charge in [-0.25, -0.2) is 9.59 Å². The molecule has 1 N–H and O–H groups in total. The number of hydrogen-bond donors (Lipinski definition) is 1. The van der Waals surface area contributed by atoms with Crippen LogP contribution in [0.3, 0.4) is 0 Å². The van der Waals surface area contributed by atoms with Gasteiger partial charge in [-0.3, -0.25) is 0 Å². The SMILES string of the molecule is CCOC(=O)N1CCN(C(=O)NC=C(C)C)CC1. The molecule has 1 heterocycles. The molecule has 1 aliphatic heterocycles. The lowest BCUT2D eigenvalue weighted by molar-refractivity contribution is 0.0856. The van der Waals surface area contributed by atoms with E-state index in [-0.39, 0.29) is 12.1 Å². The number of nitrogens with zero attached hydrogens (tertiary/aromatic N) is 2. The average molecular weight is 255 g/mol. The van der Waals surface area contributed by atoms with Crippen molar-refractivity contribution in [3.05, 3.63) is 11.8 Å². The summed E-state index contributed by atoms with van der Waals surface area (Å²) in [6, 6.07) is -0.125. The van der Waals surface area contributed by atoms with Crippen LogP contribution in [0.15, 0.2) is 11.8 Å². The fourth-order valence-electron chi connectivity index (χ4n) is 1.60. The number of carbonyl (C=O) groups is 2. The minimum absolute atomic E-state index is 0.125. The molecule has 3 amide bonds. The van der Waals surface area contributed by atoms with E-state index in [9.17, 15) is 9.59 Å². The van der Waals surface area contributed by atoms with Gasteiger partial charge in [0.25, 0.3) is 0 Å². The van der Waals surface area contributed by atoms with Gasteiger partial charge in [-0.15, -0.1) is 0 Å². The lowest BCUT2D eigenvalue weighted by atomic mass is 10.3. The Morgan fingerprint density at radius 2 is 1.72 bits per heavy atom. The minimum atomic E-state index is -0.304. The third-order valence-electron chi connectivity index (χ3n) is 2.58. The van der Waals surface area contributed by atoms with E-state index < -0.39 is 0 Å². The van der Waals surface area contributed by atoms with Crippen molar-refractivity contribution in [2.24, 2.45) is 0 Å². The Labute approximate surface area is 108 Å². The summed E-state index contributed by atoms with van der Waals surface area (Å²) in [6.45, 7) is 8.07. The first-order chi connectivity index (χ1) is 8.54. The van der Waals surface area contributed by atoms with Gasteiger partial charge in [0.05, 0.1) is 6.61 Å². The van der Waals surface area contributed by atoms with Crippen LogP contribution in [0, 0.1) is 0 Å². The first kappa shape index (κ1) is 14.3. The topological polar surface area (TPSA) is 61.9 Å². The fourth-order valence-corrected chi connectivity index (χ4v) is 1.60. The molecular weight excluding hydrogens is 234 g/mol. The molecule has 0 aromatic rings. The summed E-state index contributed by atoms with van der Waals surface area (Å²) in [5.74, 6) is 0. The maximum absolute atomic E-state index is 11.7. The molecule has 1 rings (SSSR count). The lowest BCUT2D eigenvalue weighted by Crippen LogP contribution is -2.52. The molecule has 0 aromatic carbocycles. The summed E-state index contributed by atoms with van der Waals surface area (Å²) >= 11 is 0. The van der Waals surface area contributed by atoms with E-state index in [1.54, 1.807) is 22.9 Å². The zero-order chi connectivity index (χ0) is 13.5. The third-order valence-corrected chi connectivity index (χ3v) is 2.58. The van der Waals surface area contributed by atoms with Crippen molar-refractivity contribution in [3.63, 3.8) is 0 Å². The molecule has 102 valence electrons. The zero-order valence-electron chi connectivity index (χ0n) is 11.2. The Balaban J connectivity index is 2.37. The van der Waals surface area contributed by atoms with Crippen LogP contribution in [-0.4, -0.2) is 54.7 Å². The third kappa shape index (κ3) is 4.27. The number of rotatable bonds is 2. The monoisotopic (exact) mass is 255 g/mol. The van der Waals surface area contributed by atoms with E-state index in [0.717, 1.165) is 5.57 Å². The molecule has 0 spiro atoms. The molecule has 6 heteroatoms. The largest absolute Gasteiger partial charge is 0.450 e. The molecule has 1 fully saturated rings. The highest BCUT2D eigenvalue weighted by Crippen LogP contribution is 2.04. The summed E-state index contributed by atoms with van der Waals surface area (Å²) in [7, 11) is 0. The first-order valence-electron chi connectivity index (χ1n) is 6.15. The van der Waals surface area contributed by atoms with Crippen molar-refractivity contribution < 1.29 is 14.3 Å². The van der Waals surface area contributed by atoms with Gasteiger partial charge in [-0.2, -0.15) is 0 Å². The molecule has 0 aromatic heterocycles. The highest BCUT2D eigenvalue weighted by atomic mass is 16.6. The van der Waals surface area contributed by atoms with Gasteiger partial charge >= 0.3 is 12.1 Å². The quantitative estimate of drug-likeness (QED) is 0.811. The van der Waals surface area contributed by atoms with Crippen LogP contribution in [-0.2, 0) is 4.74 Å². The Bertz CT molecular complexity index is 329. The lowest BCUT2D eigenvalue weighted by Gasteiger charge is -2.33. The standard InChI is InChI=1S/C12H21N3O3/c1-4-18-12(17)15-7-5-14(6-8-15)11(16)13-9-10(2)3/h9H,4-8H2,1-3H3,(H,13,16). The van der Waals surface area contributed by atoms with Crippen molar-refractivity contribution in [1.29, 1.82) is 0 Å². The summed E-state index contributed by atoms with van der Waals surface area (Å²) < 4.78 is 4.91. The number of nitrogens with one attached hydrogen (secondary N) is 1. The molecule has 0 bridgehead atoms. The zero-order valence-corrected chi connectivity index (χ0v) is 11.2. The number of hydrogen-bond acceptors (Lipinski definition) is 3. The number of allylic oxidation sites excluding steroid dienone is 1. The average Bonchev–Trinajstić information content (AvgIpc) is 2.36. The molecule has 0 aliphatic carbocycles. The second-order valence-electron chi connectivity index (χ2n) is 4.34. The minimum Gasteiger partial charge on any atom is -0.450 e. The molecule has 18 heavy (non-hydrogen) atoms. The van der Waals surface area contributed by atoms with E-state index in [1.807, 2.05) is 13.8 Å². The number of amides is 3. The van der Waals surface area contributed by atoms with Crippen molar-refractivity contribution in [1.82, 2.24) is 15.1 Å². The smallest absolute Gasteiger partial charge is 0.409 e. The molecular formula is C12H21N3O3. The fraction of sp³-hybridized carbons (Fsp3) is 0.667. The van der Waals surface area contributed by atoms with E-state index in [4.69, 9.17) is 4.74 Å². The van der Waals surface area contributed by atoms with Crippen molar-refractivity contribution in [3.8, 4) is 0 Å². The Morgan fingerprint density at radius 1 is 1.17 bits per heavy atom. The van der Waals surface area contributed by atoms with Gasteiger partial charge < -0.3 is 19.9 Å². The summed E-state index contributed by atoms with van der Waals surface area (Å²) in [6.07, 6.45) is 1.38. The van der Waals surface area contributed by atoms with Gasteiger partial charge in [0.1, 0.15) is 0 Å². The van der Waals surface area contributed by atoms with Crippen molar-refractivity contribution >= 4 is 12.1 Å². The number of ether oxygens (including phenoxy) is 1. The van der Waals surface area contributed by atoms with Gasteiger partial charge in [-0.1, -0.05) is 5.57 Å². The summed E-state index contributed by atoms with van der Waals surface area (Å²) in [5.41, 5.74) is 1.04. The molecule has 0 saturated carbocycles. The molecule has 0 unspecified atom stereocenters. The normalized spacial score (nSPS) is 15.1. The predicted molar refractivity (Wildman–Crippen MR) is 68.1 cm³/mol. The van der Waals surface area contributed by atoms with E-state index >= 15 is 0 Å². The van der Waals surface area contributed by atoms with Crippen LogP contribution in [0.25, 0.3) is 0 Å². The highest BCUT2D eigenvalue weighted by molar-refractivity contribution is 5.76. The van der Waals surface area contributed by atoms with E-state index in [0.29, 0.717) is 32.8 Å². The van der Waals surface area contributed by atoms with Gasteiger partial charge in [0.2, 0.25) is 0 Å². The maximum Gasteiger partial charge on any atom is 0.409 e. The highest BCUT2D eigenvalue weighted by Gasteiger charge is 2.24. The number of piperazine rings is 1. The summed E-state index contributed by atoms with van der Waals surface area (Å²) in [5, 5.41) is 2.71. The molecule has 1 saturated heterocycles. The van der Waals surface area contributed by atoms with Crippen LogP contribution in [0.2, 0.25) is 0 Å². The van der Waals surface area contributed by atoms with Gasteiger partial charge in [-0.05, 0) is 20.8 Å². The summed E-state index contributed by atoms with van der Waals surface area (Å²) in [4.78, 5) is 26.5. The Morgan fingerprint density at radius 3 is 2.22 bits per heavy atom. The van der Waals surface area contributed by atoms with Gasteiger partial charge in [0.15, 0.2) is 0 Å². The Hall–Kier alpha value is -1.72. The number of urea groups is 1. The van der Waals surface area contributed by atoms with Crippen LogP contribution >= 0.6 is 0 Å². The van der Waals surface area contributed by atoms with Crippen LogP contribution in [0.1, 0.15) is 20.8 Å². The maximum atomic E-state index is 11.7. The molecule has 0 atom stereocenters. The van der Waals surface area contributed by atoms with Crippen LogP contribution in [0.4, 0.5) is 9.59 Å². The van der Waals surface area contributed by atoms with Crippen molar-refractivity contribution in [2.45, 2.75) is 20.8 Å². The molecule has 0 radical (unpaired) electrons. The predicted octanol–water partition coefficient (Wildman–Crippen LogP) is 1.39. The Kier molecular flexibility index (Phi) is 5.48. The van der Waals surface area contributed by atoms with Crippen LogP contribution in [0.5, 0.6) is 0 Å². The molecule has 1 aliphatic rings. The molecule has 6 nitrogen and oxygen atoms in total. The van der Waals surface area contributed by atoms with Gasteiger partial charge in [0, 0.05) is 32.4 Å². The second kappa shape index (κ2) is 6.88. The van der Waals surface area contributed by atoms with E-state index in [2.05, 4.69) is 5.32 Å².